The Bertz CT molecular complexity index is 270. The van der Waals surface area contributed by atoms with Crippen LogP contribution in [0.15, 0.2) is 0 Å². The molecule has 3 nitrogen and oxygen atoms in total. The maximum absolute atomic E-state index is 11.9. The summed E-state index contributed by atoms with van der Waals surface area (Å²) >= 11 is 0. The lowest BCUT2D eigenvalue weighted by molar-refractivity contribution is -0.122. The Morgan fingerprint density at radius 3 is 2.35 bits per heavy atom. The summed E-state index contributed by atoms with van der Waals surface area (Å²) in [7, 11) is 0. The summed E-state index contributed by atoms with van der Waals surface area (Å²) in [4.78, 5) is 11.9. The number of amides is 1. The van der Waals surface area contributed by atoms with Gasteiger partial charge in [0.1, 0.15) is 0 Å². The summed E-state index contributed by atoms with van der Waals surface area (Å²) in [5, 5.41) is 6.37. The predicted molar refractivity (Wildman–Crippen MR) is 85.7 cm³/mol. The molecule has 1 amide bonds. The third-order valence-electron chi connectivity index (χ3n) is 4.55. The monoisotopic (exact) mass is 282 g/mol. The molecule has 118 valence electrons. The summed E-state index contributed by atoms with van der Waals surface area (Å²) < 4.78 is 0. The highest BCUT2D eigenvalue weighted by Gasteiger charge is 2.18. The van der Waals surface area contributed by atoms with Crippen molar-refractivity contribution in [1.82, 2.24) is 10.6 Å². The normalized spacial score (nSPS) is 24.6. The van der Waals surface area contributed by atoms with Gasteiger partial charge in [0.25, 0.3) is 0 Å². The lowest BCUT2D eigenvalue weighted by Crippen LogP contribution is -2.43. The van der Waals surface area contributed by atoms with E-state index in [0.717, 1.165) is 31.3 Å². The maximum atomic E-state index is 11.9. The second-order valence-electron chi connectivity index (χ2n) is 7.06. The van der Waals surface area contributed by atoms with Crippen LogP contribution in [0.5, 0.6) is 0 Å². The first-order chi connectivity index (χ1) is 9.49. The summed E-state index contributed by atoms with van der Waals surface area (Å²) in [6, 6.07) is -0.0651. The van der Waals surface area contributed by atoms with Gasteiger partial charge in [-0.05, 0) is 44.1 Å². The molecule has 0 spiro atoms. The molecule has 0 aromatic heterocycles. The van der Waals surface area contributed by atoms with Crippen LogP contribution in [0.25, 0.3) is 0 Å². The van der Waals surface area contributed by atoms with Gasteiger partial charge in [-0.2, -0.15) is 0 Å². The van der Waals surface area contributed by atoms with Gasteiger partial charge in [0.05, 0.1) is 6.04 Å². The lowest BCUT2D eigenvalue weighted by Gasteiger charge is -2.26. The quantitative estimate of drug-likeness (QED) is 0.717. The topological polar surface area (TPSA) is 41.1 Å². The van der Waals surface area contributed by atoms with Crippen LogP contribution in [-0.2, 0) is 4.79 Å². The van der Waals surface area contributed by atoms with E-state index in [0.29, 0.717) is 5.92 Å². The van der Waals surface area contributed by atoms with Gasteiger partial charge in [0, 0.05) is 6.54 Å². The Morgan fingerprint density at radius 2 is 1.75 bits per heavy atom. The molecule has 0 radical (unpaired) electrons. The molecule has 0 bridgehead atoms. The van der Waals surface area contributed by atoms with Gasteiger partial charge in [0.15, 0.2) is 0 Å². The molecule has 1 aliphatic rings. The van der Waals surface area contributed by atoms with E-state index in [1.807, 2.05) is 6.92 Å². The number of nitrogens with one attached hydrogen (secondary N) is 2. The molecular weight excluding hydrogens is 248 g/mol. The highest BCUT2D eigenvalue weighted by molar-refractivity contribution is 5.81. The Kier molecular flexibility index (Phi) is 8.20. The van der Waals surface area contributed by atoms with Crippen LogP contribution in [-0.4, -0.2) is 25.0 Å². The van der Waals surface area contributed by atoms with Crippen molar-refractivity contribution in [1.29, 1.82) is 0 Å². The highest BCUT2D eigenvalue weighted by atomic mass is 16.2. The minimum atomic E-state index is -0.0651. The summed E-state index contributed by atoms with van der Waals surface area (Å²) in [6.45, 7) is 10.4. The van der Waals surface area contributed by atoms with Crippen molar-refractivity contribution < 1.29 is 4.79 Å². The van der Waals surface area contributed by atoms with Crippen LogP contribution in [0.4, 0.5) is 0 Å². The van der Waals surface area contributed by atoms with Crippen LogP contribution >= 0.6 is 0 Å². The average Bonchev–Trinajstić information content (AvgIpc) is 2.40. The number of carbonyl (C=O) groups is 1. The fourth-order valence-corrected chi connectivity index (χ4v) is 2.85. The number of carbonyl (C=O) groups excluding carboxylic acids is 1. The van der Waals surface area contributed by atoms with Crippen LogP contribution in [0.2, 0.25) is 0 Å². The van der Waals surface area contributed by atoms with E-state index in [4.69, 9.17) is 0 Å². The minimum Gasteiger partial charge on any atom is -0.355 e. The summed E-state index contributed by atoms with van der Waals surface area (Å²) in [6.07, 6.45) is 7.79. The second-order valence-corrected chi connectivity index (χ2v) is 7.06. The Balaban J connectivity index is 2.06. The van der Waals surface area contributed by atoms with Gasteiger partial charge in [-0.1, -0.05) is 46.5 Å². The van der Waals surface area contributed by atoms with Crippen LogP contribution in [0, 0.1) is 17.8 Å². The Labute approximate surface area is 125 Å². The molecule has 1 fully saturated rings. The van der Waals surface area contributed by atoms with Crippen LogP contribution in [0.3, 0.4) is 0 Å². The minimum absolute atomic E-state index is 0.0651. The third-order valence-corrected chi connectivity index (χ3v) is 4.55. The molecule has 1 aliphatic carbocycles. The fourth-order valence-electron chi connectivity index (χ4n) is 2.85. The highest BCUT2D eigenvalue weighted by Crippen LogP contribution is 2.29. The van der Waals surface area contributed by atoms with Crippen molar-refractivity contribution in [2.24, 2.45) is 17.8 Å². The summed E-state index contributed by atoms with van der Waals surface area (Å²) in [5.41, 5.74) is 0. The maximum Gasteiger partial charge on any atom is 0.236 e. The van der Waals surface area contributed by atoms with Gasteiger partial charge >= 0.3 is 0 Å². The molecule has 0 saturated heterocycles. The van der Waals surface area contributed by atoms with Gasteiger partial charge in [0.2, 0.25) is 5.91 Å². The molecule has 0 aromatic rings. The summed E-state index contributed by atoms with van der Waals surface area (Å²) in [5.74, 6) is 2.58. The van der Waals surface area contributed by atoms with E-state index in [-0.39, 0.29) is 11.9 Å². The van der Waals surface area contributed by atoms with E-state index in [9.17, 15) is 4.79 Å². The van der Waals surface area contributed by atoms with Crippen LogP contribution in [0.1, 0.15) is 66.2 Å². The van der Waals surface area contributed by atoms with Crippen LogP contribution < -0.4 is 10.6 Å². The van der Waals surface area contributed by atoms with Gasteiger partial charge in [-0.3, -0.25) is 4.79 Å². The first-order valence-corrected chi connectivity index (χ1v) is 8.50. The molecule has 20 heavy (non-hydrogen) atoms. The van der Waals surface area contributed by atoms with Gasteiger partial charge < -0.3 is 10.6 Å². The Hall–Kier alpha value is -0.570. The molecule has 1 rings (SSSR count). The molecule has 0 heterocycles. The van der Waals surface area contributed by atoms with Crippen molar-refractivity contribution in [3.05, 3.63) is 0 Å². The largest absolute Gasteiger partial charge is 0.355 e. The SMILES string of the molecule is CC(C)CCNC(=O)C(C)NCCC1CCC(C)CC1. The van der Waals surface area contributed by atoms with Crippen molar-refractivity contribution in [3.63, 3.8) is 0 Å². The van der Waals surface area contributed by atoms with Crippen molar-refractivity contribution in [2.75, 3.05) is 13.1 Å². The molecule has 1 atom stereocenters. The lowest BCUT2D eigenvalue weighted by atomic mass is 9.81. The fraction of sp³-hybridized carbons (Fsp3) is 0.941. The van der Waals surface area contributed by atoms with E-state index in [1.54, 1.807) is 0 Å². The van der Waals surface area contributed by atoms with E-state index >= 15 is 0 Å². The number of hydrogen-bond donors (Lipinski definition) is 2. The Morgan fingerprint density at radius 1 is 1.10 bits per heavy atom. The zero-order valence-corrected chi connectivity index (χ0v) is 13.9. The first kappa shape index (κ1) is 17.5. The molecule has 1 saturated carbocycles. The second kappa shape index (κ2) is 9.38. The zero-order valence-electron chi connectivity index (χ0n) is 13.9. The van der Waals surface area contributed by atoms with E-state index < -0.39 is 0 Å². The molecule has 1 unspecified atom stereocenters. The third kappa shape index (κ3) is 7.28. The van der Waals surface area contributed by atoms with Crippen molar-refractivity contribution in [2.45, 2.75) is 72.3 Å². The number of rotatable bonds is 8. The van der Waals surface area contributed by atoms with Gasteiger partial charge in [-0.15, -0.1) is 0 Å². The van der Waals surface area contributed by atoms with E-state index in [2.05, 4.69) is 31.4 Å². The molecule has 3 heteroatoms. The first-order valence-electron chi connectivity index (χ1n) is 8.50. The van der Waals surface area contributed by atoms with E-state index in [1.165, 1.54) is 32.1 Å². The zero-order chi connectivity index (χ0) is 15.0. The smallest absolute Gasteiger partial charge is 0.236 e. The molecule has 2 N–H and O–H groups in total. The average molecular weight is 282 g/mol. The predicted octanol–water partition coefficient (Wildman–Crippen LogP) is 3.34. The standard InChI is InChI=1S/C17H34N2O/c1-13(2)9-11-19-17(20)15(4)18-12-10-16-7-5-14(3)6-8-16/h13-16,18H,5-12H2,1-4H3,(H,19,20). The van der Waals surface area contributed by atoms with Crippen molar-refractivity contribution in [3.8, 4) is 0 Å². The van der Waals surface area contributed by atoms with Crippen molar-refractivity contribution >= 4 is 5.91 Å². The number of hydrogen-bond acceptors (Lipinski definition) is 2. The molecular formula is C17H34N2O. The molecule has 0 aliphatic heterocycles. The molecule has 0 aromatic carbocycles. The van der Waals surface area contributed by atoms with Gasteiger partial charge in [-0.25, -0.2) is 0 Å².